The number of nitrogens with two attached hydrogens (primary N) is 1. The maximum absolute atomic E-state index is 12.1. The Kier molecular flexibility index (Phi) is 5.06. The molecule has 126 valence electrons. The van der Waals surface area contributed by atoms with Crippen LogP contribution in [-0.2, 0) is 19.6 Å². The van der Waals surface area contributed by atoms with Crippen LogP contribution in [0.2, 0.25) is 0 Å². The molecule has 1 aromatic carbocycles. The average Bonchev–Trinajstić information content (AvgIpc) is 2.86. The number of sulfonamides is 1. The molecule has 0 saturated carbocycles. The van der Waals surface area contributed by atoms with Gasteiger partial charge in [-0.3, -0.25) is 9.59 Å². The van der Waals surface area contributed by atoms with Gasteiger partial charge in [-0.1, -0.05) is 17.7 Å². The maximum atomic E-state index is 12.1. The van der Waals surface area contributed by atoms with Crippen LogP contribution in [0.15, 0.2) is 24.3 Å². The summed E-state index contributed by atoms with van der Waals surface area (Å²) < 4.78 is 22.3. The van der Waals surface area contributed by atoms with Crippen molar-refractivity contribution in [3.05, 3.63) is 29.8 Å². The number of aryl methyl sites for hydroxylation is 1. The van der Waals surface area contributed by atoms with Gasteiger partial charge in [0.25, 0.3) is 0 Å². The van der Waals surface area contributed by atoms with Crippen molar-refractivity contribution in [3.63, 3.8) is 0 Å². The summed E-state index contributed by atoms with van der Waals surface area (Å²) in [6, 6.07) is 7.50. The Balaban J connectivity index is 1.96. The fraction of sp³-hybridized carbons (Fsp3) is 0.467. The Hall–Kier alpha value is -1.93. The van der Waals surface area contributed by atoms with Crippen molar-refractivity contribution in [1.29, 1.82) is 0 Å². The van der Waals surface area contributed by atoms with Gasteiger partial charge in [-0.15, -0.1) is 0 Å². The largest absolute Gasteiger partial charge is 0.354 e. The third kappa shape index (κ3) is 4.29. The van der Waals surface area contributed by atoms with Crippen LogP contribution in [-0.4, -0.2) is 38.6 Å². The number of anilines is 1. The number of nitrogens with one attached hydrogen (secondary N) is 1. The van der Waals surface area contributed by atoms with E-state index in [9.17, 15) is 18.0 Å². The SMILES string of the molecule is Cc1ccc(N2CC(C(=O)NCC(C)S(N)(=O)=O)CC2=O)cc1. The minimum atomic E-state index is -3.68. The van der Waals surface area contributed by atoms with Gasteiger partial charge in [0.1, 0.15) is 0 Å². The van der Waals surface area contributed by atoms with Crippen molar-refractivity contribution in [2.75, 3.05) is 18.0 Å². The van der Waals surface area contributed by atoms with Crippen LogP contribution in [0.3, 0.4) is 0 Å². The summed E-state index contributed by atoms with van der Waals surface area (Å²) in [4.78, 5) is 25.8. The minimum absolute atomic E-state index is 0.0626. The molecule has 7 nitrogen and oxygen atoms in total. The summed E-state index contributed by atoms with van der Waals surface area (Å²) in [5, 5.41) is 6.70. The van der Waals surface area contributed by atoms with Crippen LogP contribution >= 0.6 is 0 Å². The molecule has 1 saturated heterocycles. The molecule has 1 fully saturated rings. The summed E-state index contributed by atoms with van der Waals surface area (Å²) in [5.41, 5.74) is 1.85. The first-order valence-electron chi connectivity index (χ1n) is 7.35. The van der Waals surface area contributed by atoms with E-state index in [1.54, 1.807) is 4.90 Å². The van der Waals surface area contributed by atoms with Crippen LogP contribution in [0.1, 0.15) is 18.9 Å². The van der Waals surface area contributed by atoms with E-state index in [0.29, 0.717) is 0 Å². The normalized spacial score (nSPS) is 19.7. The van der Waals surface area contributed by atoms with Gasteiger partial charge in [0.15, 0.2) is 0 Å². The number of carbonyl (C=O) groups is 2. The average molecular weight is 339 g/mol. The number of carbonyl (C=O) groups excluding carboxylic acids is 2. The van der Waals surface area contributed by atoms with Crippen molar-refractivity contribution in [3.8, 4) is 0 Å². The summed E-state index contributed by atoms with van der Waals surface area (Å²) in [7, 11) is -3.68. The van der Waals surface area contributed by atoms with E-state index < -0.39 is 21.2 Å². The zero-order valence-corrected chi connectivity index (χ0v) is 14.0. The molecule has 0 radical (unpaired) electrons. The van der Waals surface area contributed by atoms with Crippen LogP contribution in [0.25, 0.3) is 0 Å². The molecule has 3 N–H and O–H groups in total. The number of amides is 2. The maximum Gasteiger partial charge on any atom is 0.227 e. The van der Waals surface area contributed by atoms with Crippen LogP contribution in [0, 0.1) is 12.8 Å². The molecular weight excluding hydrogens is 318 g/mol. The summed E-state index contributed by atoms with van der Waals surface area (Å²) in [6.07, 6.45) is 0.115. The molecule has 0 spiro atoms. The molecule has 0 aromatic heterocycles. The molecule has 2 rings (SSSR count). The first-order chi connectivity index (χ1) is 10.7. The molecule has 0 aliphatic carbocycles. The molecular formula is C15H21N3O4S. The summed E-state index contributed by atoms with van der Waals surface area (Å²) in [6.45, 7) is 3.61. The van der Waals surface area contributed by atoms with E-state index in [1.807, 2.05) is 31.2 Å². The van der Waals surface area contributed by atoms with Crippen LogP contribution in [0.4, 0.5) is 5.69 Å². The number of hydrogen-bond acceptors (Lipinski definition) is 4. The van der Waals surface area contributed by atoms with Gasteiger partial charge in [-0.2, -0.15) is 0 Å². The number of benzene rings is 1. The molecule has 0 bridgehead atoms. The summed E-state index contributed by atoms with van der Waals surface area (Å²) >= 11 is 0. The predicted molar refractivity (Wildman–Crippen MR) is 87.2 cm³/mol. The lowest BCUT2D eigenvalue weighted by molar-refractivity contribution is -0.126. The zero-order chi connectivity index (χ0) is 17.2. The van der Waals surface area contributed by atoms with Crippen LogP contribution in [0.5, 0.6) is 0 Å². The highest BCUT2D eigenvalue weighted by molar-refractivity contribution is 7.89. The minimum Gasteiger partial charge on any atom is -0.354 e. The van der Waals surface area contributed by atoms with Crippen molar-refractivity contribution < 1.29 is 18.0 Å². The van der Waals surface area contributed by atoms with Crippen molar-refractivity contribution in [1.82, 2.24) is 5.32 Å². The lowest BCUT2D eigenvalue weighted by Crippen LogP contribution is -2.41. The standard InChI is InChI=1S/C15H21N3O4S/c1-10-3-5-13(6-4-10)18-9-12(7-14(18)19)15(20)17-8-11(2)23(16,21)22/h3-6,11-12H,7-9H2,1-2H3,(H,17,20)(H2,16,21,22). The Morgan fingerprint density at radius 3 is 2.57 bits per heavy atom. The first kappa shape index (κ1) is 17.4. The Labute approximate surface area is 135 Å². The van der Waals surface area contributed by atoms with E-state index in [1.165, 1.54) is 6.92 Å². The smallest absolute Gasteiger partial charge is 0.227 e. The highest BCUT2D eigenvalue weighted by Gasteiger charge is 2.35. The molecule has 1 heterocycles. The molecule has 1 aromatic rings. The predicted octanol–water partition coefficient (Wildman–Crippen LogP) is 0.141. The van der Waals surface area contributed by atoms with E-state index in [2.05, 4.69) is 5.32 Å². The van der Waals surface area contributed by atoms with Crippen LogP contribution < -0.4 is 15.4 Å². The molecule has 2 unspecified atom stereocenters. The third-order valence-corrected chi connectivity index (χ3v) is 5.25. The Morgan fingerprint density at radius 1 is 1.39 bits per heavy atom. The number of hydrogen-bond donors (Lipinski definition) is 2. The fourth-order valence-corrected chi connectivity index (χ4v) is 2.68. The number of primary sulfonamides is 1. The van der Waals surface area contributed by atoms with E-state index in [-0.39, 0.29) is 31.3 Å². The zero-order valence-electron chi connectivity index (χ0n) is 13.2. The summed E-state index contributed by atoms with van der Waals surface area (Å²) in [5.74, 6) is -0.937. The Bertz CT molecular complexity index is 700. The number of rotatable bonds is 5. The second-order valence-corrected chi connectivity index (χ2v) is 7.87. The van der Waals surface area contributed by atoms with Gasteiger partial charge < -0.3 is 10.2 Å². The second-order valence-electron chi connectivity index (χ2n) is 5.89. The molecule has 2 atom stereocenters. The molecule has 1 aliphatic heterocycles. The van der Waals surface area contributed by atoms with Crippen molar-refractivity contribution in [2.45, 2.75) is 25.5 Å². The lowest BCUT2D eigenvalue weighted by Gasteiger charge is -2.17. The molecule has 8 heteroatoms. The van der Waals surface area contributed by atoms with Crippen molar-refractivity contribution >= 4 is 27.5 Å². The van der Waals surface area contributed by atoms with Gasteiger partial charge in [0.05, 0.1) is 11.2 Å². The van der Waals surface area contributed by atoms with Gasteiger partial charge in [0, 0.05) is 25.2 Å². The second kappa shape index (κ2) is 6.67. The molecule has 1 aliphatic rings. The molecule has 23 heavy (non-hydrogen) atoms. The number of nitrogens with zero attached hydrogens (tertiary/aromatic N) is 1. The topological polar surface area (TPSA) is 110 Å². The van der Waals surface area contributed by atoms with Gasteiger partial charge in [-0.25, -0.2) is 13.6 Å². The van der Waals surface area contributed by atoms with E-state index in [4.69, 9.17) is 5.14 Å². The monoisotopic (exact) mass is 339 g/mol. The van der Waals surface area contributed by atoms with Crippen molar-refractivity contribution in [2.24, 2.45) is 11.1 Å². The first-order valence-corrected chi connectivity index (χ1v) is 8.96. The van der Waals surface area contributed by atoms with Gasteiger partial charge in [0.2, 0.25) is 21.8 Å². The quantitative estimate of drug-likeness (QED) is 0.795. The van der Waals surface area contributed by atoms with Gasteiger partial charge in [-0.05, 0) is 26.0 Å². The van der Waals surface area contributed by atoms with Gasteiger partial charge >= 0.3 is 0 Å². The third-order valence-electron chi connectivity index (χ3n) is 3.97. The lowest BCUT2D eigenvalue weighted by atomic mass is 10.1. The highest BCUT2D eigenvalue weighted by atomic mass is 32.2. The fourth-order valence-electron chi connectivity index (χ4n) is 2.36. The van der Waals surface area contributed by atoms with E-state index in [0.717, 1.165) is 11.3 Å². The Morgan fingerprint density at radius 2 is 2.00 bits per heavy atom. The highest BCUT2D eigenvalue weighted by Crippen LogP contribution is 2.25. The van der Waals surface area contributed by atoms with E-state index >= 15 is 0 Å². The molecule has 2 amide bonds.